The van der Waals surface area contributed by atoms with E-state index in [1.54, 1.807) is 16.0 Å². The normalized spacial score (nSPS) is 14.6. The van der Waals surface area contributed by atoms with Gasteiger partial charge in [0.1, 0.15) is 5.69 Å². The highest BCUT2D eigenvalue weighted by molar-refractivity contribution is 5.92. The minimum absolute atomic E-state index is 0.0743. The molecule has 7 heteroatoms. The smallest absolute Gasteiger partial charge is 0.317 e. The van der Waals surface area contributed by atoms with Crippen LogP contribution >= 0.6 is 0 Å². The predicted octanol–water partition coefficient (Wildman–Crippen LogP) is 1.58. The minimum atomic E-state index is -0.135. The zero-order valence-electron chi connectivity index (χ0n) is 14.7. The molecule has 2 heterocycles. The Morgan fingerprint density at radius 3 is 2.54 bits per heavy atom. The van der Waals surface area contributed by atoms with Gasteiger partial charge in [0, 0.05) is 45.1 Å². The first kappa shape index (κ1) is 17.8. The molecule has 1 N–H and O–H groups in total. The predicted molar refractivity (Wildman–Crippen MR) is 97.7 cm³/mol. The molecule has 0 unspecified atom stereocenters. The number of aromatic nitrogens is 2. The molecule has 0 atom stereocenters. The first-order valence-electron chi connectivity index (χ1n) is 8.86. The first-order chi connectivity index (χ1) is 12.7. The molecule has 1 aromatic carbocycles. The van der Waals surface area contributed by atoms with Crippen molar-refractivity contribution in [1.29, 1.82) is 0 Å². The molecule has 0 saturated carbocycles. The summed E-state index contributed by atoms with van der Waals surface area (Å²) in [6.45, 7) is 2.87. The Balaban J connectivity index is 1.47. The lowest BCUT2D eigenvalue weighted by molar-refractivity contribution is 0.0756. The fraction of sp³-hybridized carbons (Fsp3) is 0.368. The monoisotopic (exact) mass is 353 g/mol. The maximum Gasteiger partial charge on any atom is 0.317 e. The third-order valence-corrected chi connectivity index (χ3v) is 4.39. The van der Waals surface area contributed by atoms with Crippen molar-refractivity contribution in [2.24, 2.45) is 0 Å². The van der Waals surface area contributed by atoms with E-state index in [9.17, 15) is 9.59 Å². The lowest BCUT2D eigenvalue weighted by Gasteiger charge is -2.22. The molecule has 7 nitrogen and oxygen atoms in total. The number of carbonyl (C=O) groups is 2. The second-order valence-electron chi connectivity index (χ2n) is 6.19. The second kappa shape index (κ2) is 8.94. The summed E-state index contributed by atoms with van der Waals surface area (Å²) in [5.74, 6) is -0.135. The van der Waals surface area contributed by atoms with E-state index in [0.717, 1.165) is 12.8 Å². The fourth-order valence-corrected chi connectivity index (χ4v) is 2.97. The van der Waals surface area contributed by atoms with Crippen LogP contribution in [0.15, 0.2) is 48.9 Å². The van der Waals surface area contributed by atoms with Crippen molar-refractivity contribution in [2.45, 2.75) is 12.8 Å². The summed E-state index contributed by atoms with van der Waals surface area (Å²) in [6, 6.07) is 9.99. The maximum absolute atomic E-state index is 12.5. The fourth-order valence-electron chi connectivity index (χ4n) is 2.97. The zero-order valence-corrected chi connectivity index (χ0v) is 14.7. The highest BCUT2D eigenvalue weighted by Gasteiger charge is 2.23. The van der Waals surface area contributed by atoms with E-state index in [4.69, 9.17) is 0 Å². The van der Waals surface area contributed by atoms with Crippen molar-refractivity contribution in [1.82, 2.24) is 25.1 Å². The van der Waals surface area contributed by atoms with Gasteiger partial charge in [-0.25, -0.2) is 9.78 Å². The van der Waals surface area contributed by atoms with Crippen molar-refractivity contribution in [3.63, 3.8) is 0 Å². The third kappa shape index (κ3) is 4.78. The summed E-state index contributed by atoms with van der Waals surface area (Å²) in [5, 5.41) is 2.97. The Labute approximate surface area is 153 Å². The number of hydrogen-bond donors (Lipinski definition) is 1. The SMILES string of the molecule is O=C(NCCc1ccccc1)N1CCCN(C(=O)c2cnccn2)CC1. The average molecular weight is 353 g/mol. The van der Waals surface area contributed by atoms with E-state index in [1.165, 1.54) is 18.0 Å². The van der Waals surface area contributed by atoms with Crippen molar-refractivity contribution >= 4 is 11.9 Å². The highest BCUT2D eigenvalue weighted by atomic mass is 16.2. The third-order valence-electron chi connectivity index (χ3n) is 4.39. The van der Waals surface area contributed by atoms with Crippen molar-refractivity contribution < 1.29 is 9.59 Å². The zero-order chi connectivity index (χ0) is 18.2. The van der Waals surface area contributed by atoms with Gasteiger partial charge in [0.25, 0.3) is 5.91 Å². The summed E-state index contributed by atoms with van der Waals surface area (Å²) < 4.78 is 0. The van der Waals surface area contributed by atoms with Gasteiger partial charge in [0.05, 0.1) is 6.20 Å². The van der Waals surface area contributed by atoms with Gasteiger partial charge < -0.3 is 15.1 Å². The summed E-state index contributed by atoms with van der Waals surface area (Å²) in [7, 11) is 0. The van der Waals surface area contributed by atoms with Crippen LogP contribution in [0.4, 0.5) is 4.79 Å². The molecule has 0 radical (unpaired) electrons. The number of urea groups is 1. The van der Waals surface area contributed by atoms with E-state index in [-0.39, 0.29) is 11.9 Å². The molecule has 26 heavy (non-hydrogen) atoms. The van der Waals surface area contributed by atoms with Gasteiger partial charge in [-0.15, -0.1) is 0 Å². The molecule has 0 aliphatic carbocycles. The molecular formula is C19H23N5O2. The van der Waals surface area contributed by atoms with Gasteiger partial charge in [0.2, 0.25) is 0 Å². The van der Waals surface area contributed by atoms with Gasteiger partial charge in [-0.05, 0) is 18.4 Å². The number of rotatable bonds is 4. The number of nitrogens with one attached hydrogen (secondary N) is 1. The van der Waals surface area contributed by atoms with Gasteiger partial charge >= 0.3 is 6.03 Å². The summed E-state index contributed by atoms with van der Waals surface area (Å²) in [5.41, 5.74) is 1.54. The number of amides is 3. The molecule has 1 aromatic heterocycles. The van der Waals surface area contributed by atoms with Crippen molar-refractivity contribution in [3.05, 3.63) is 60.2 Å². The molecule has 1 saturated heterocycles. The summed E-state index contributed by atoms with van der Waals surface area (Å²) in [4.78, 5) is 36.4. The molecule has 1 aliphatic rings. The second-order valence-corrected chi connectivity index (χ2v) is 6.19. The van der Waals surface area contributed by atoms with Crippen LogP contribution < -0.4 is 5.32 Å². The lowest BCUT2D eigenvalue weighted by Crippen LogP contribution is -2.43. The van der Waals surface area contributed by atoms with Crippen LogP contribution in [0.5, 0.6) is 0 Å². The number of hydrogen-bond acceptors (Lipinski definition) is 4. The first-order valence-corrected chi connectivity index (χ1v) is 8.86. The summed E-state index contributed by atoms with van der Waals surface area (Å²) in [6.07, 6.45) is 6.08. The Morgan fingerprint density at radius 2 is 1.77 bits per heavy atom. The van der Waals surface area contributed by atoms with Crippen LogP contribution in [0.1, 0.15) is 22.5 Å². The summed E-state index contributed by atoms with van der Waals surface area (Å²) >= 11 is 0. The van der Waals surface area contributed by atoms with Gasteiger partial charge in [-0.2, -0.15) is 0 Å². The maximum atomic E-state index is 12.5. The van der Waals surface area contributed by atoms with Gasteiger partial charge in [-0.1, -0.05) is 30.3 Å². The van der Waals surface area contributed by atoms with Crippen molar-refractivity contribution in [3.8, 4) is 0 Å². The van der Waals surface area contributed by atoms with Crippen LogP contribution in [0.25, 0.3) is 0 Å². The molecule has 136 valence electrons. The van der Waals surface area contributed by atoms with E-state index in [2.05, 4.69) is 15.3 Å². The minimum Gasteiger partial charge on any atom is -0.338 e. The van der Waals surface area contributed by atoms with Crippen LogP contribution in [0.3, 0.4) is 0 Å². The number of benzene rings is 1. The molecule has 1 aliphatic heterocycles. The van der Waals surface area contributed by atoms with Gasteiger partial charge in [0.15, 0.2) is 0 Å². The van der Waals surface area contributed by atoms with Crippen LogP contribution in [0.2, 0.25) is 0 Å². The number of nitrogens with zero attached hydrogens (tertiary/aromatic N) is 4. The van der Waals surface area contributed by atoms with Gasteiger partial charge in [-0.3, -0.25) is 9.78 Å². The largest absolute Gasteiger partial charge is 0.338 e. The Hall–Kier alpha value is -2.96. The molecular weight excluding hydrogens is 330 g/mol. The standard InChI is InChI=1S/C19H23N5O2/c25-18(17-15-20-9-10-21-17)23-11-4-12-24(14-13-23)19(26)22-8-7-16-5-2-1-3-6-16/h1-3,5-6,9-10,15H,4,7-8,11-14H2,(H,22,26). The van der Waals surface area contributed by atoms with Crippen molar-refractivity contribution in [2.75, 3.05) is 32.7 Å². The molecule has 3 rings (SSSR count). The Kier molecular flexibility index (Phi) is 6.14. The Morgan fingerprint density at radius 1 is 1.00 bits per heavy atom. The van der Waals surface area contributed by atoms with Crippen LogP contribution in [0, 0.1) is 0 Å². The lowest BCUT2D eigenvalue weighted by atomic mass is 10.1. The van der Waals surface area contributed by atoms with E-state index >= 15 is 0 Å². The Bertz CT molecular complexity index is 723. The quantitative estimate of drug-likeness (QED) is 0.905. The highest BCUT2D eigenvalue weighted by Crippen LogP contribution is 2.07. The van der Waals surface area contributed by atoms with E-state index in [1.807, 2.05) is 30.3 Å². The van der Waals surface area contributed by atoms with E-state index < -0.39 is 0 Å². The molecule has 0 spiro atoms. The van der Waals surface area contributed by atoms with Crippen LogP contribution in [-0.4, -0.2) is 64.4 Å². The molecule has 2 aromatic rings. The number of carbonyl (C=O) groups excluding carboxylic acids is 2. The molecule has 3 amide bonds. The molecule has 1 fully saturated rings. The molecule has 0 bridgehead atoms. The van der Waals surface area contributed by atoms with Crippen LogP contribution in [-0.2, 0) is 6.42 Å². The topological polar surface area (TPSA) is 78.4 Å². The average Bonchev–Trinajstić information content (AvgIpc) is 2.95. The van der Waals surface area contributed by atoms with E-state index in [0.29, 0.717) is 38.4 Å².